The van der Waals surface area contributed by atoms with Crippen LogP contribution in [0.5, 0.6) is 0 Å². The standard InChI is InChI=1S/C18H21N3O4S/c1-20-9-3-4-14-10-13(5-8-17(14)20)12-19-16-7-6-15(26(2,24)25)11-18(16)21(22)23/h5-8,10-11,19H,3-4,9,12H2,1-2H3. The van der Waals surface area contributed by atoms with Crippen LogP contribution in [0.15, 0.2) is 41.3 Å². The number of nitrogens with zero attached hydrogens (tertiary/aromatic N) is 2. The molecular formula is C18H21N3O4S. The highest BCUT2D eigenvalue weighted by atomic mass is 32.2. The van der Waals surface area contributed by atoms with Crippen molar-refractivity contribution in [1.29, 1.82) is 0 Å². The molecule has 0 spiro atoms. The van der Waals surface area contributed by atoms with Crippen molar-refractivity contribution in [3.63, 3.8) is 0 Å². The Morgan fingerprint density at radius 2 is 2.00 bits per heavy atom. The third-order valence-corrected chi connectivity index (χ3v) is 5.68. The number of hydrogen-bond acceptors (Lipinski definition) is 6. The Morgan fingerprint density at radius 1 is 1.23 bits per heavy atom. The number of nitrogens with one attached hydrogen (secondary N) is 1. The second-order valence-electron chi connectivity index (χ2n) is 6.55. The quantitative estimate of drug-likeness (QED) is 0.638. The van der Waals surface area contributed by atoms with Crippen LogP contribution in [-0.2, 0) is 22.8 Å². The normalized spacial score (nSPS) is 14.0. The molecule has 2 aromatic carbocycles. The molecule has 0 amide bonds. The fourth-order valence-corrected chi connectivity index (χ4v) is 3.83. The molecule has 0 aliphatic carbocycles. The zero-order chi connectivity index (χ0) is 18.9. The largest absolute Gasteiger partial charge is 0.375 e. The van der Waals surface area contributed by atoms with Gasteiger partial charge < -0.3 is 10.2 Å². The molecule has 138 valence electrons. The summed E-state index contributed by atoms with van der Waals surface area (Å²) in [6.45, 7) is 1.47. The van der Waals surface area contributed by atoms with E-state index < -0.39 is 14.8 Å². The lowest BCUT2D eigenvalue weighted by atomic mass is 9.99. The number of nitro groups is 1. The van der Waals surface area contributed by atoms with Crippen LogP contribution in [0.25, 0.3) is 0 Å². The van der Waals surface area contributed by atoms with E-state index in [1.807, 2.05) is 6.07 Å². The van der Waals surface area contributed by atoms with Crippen LogP contribution in [0.1, 0.15) is 17.5 Å². The molecule has 8 heteroatoms. The monoisotopic (exact) mass is 375 g/mol. The molecular weight excluding hydrogens is 354 g/mol. The van der Waals surface area contributed by atoms with Gasteiger partial charge in [0.1, 0.15) is 5.69 Å². The van der Waals surface area contributed by atoms with Crippen LogP contribution in [0.4, 0.5) is 17.1 Å². The van der Waals surface area contributed by atoms with E-state index in [-0.39, 0.29) is 10.6 Å². The van der Waals surface area contributed by atoms with Gasteiger partial charge >= 0.3 is 0 Å². The molecule has 26 heavy (non-hydrogen) atoms. The number of nitro benzene ring substituents is 1. The second kappa shape index (κ2) is 6.95. The van der Waals surface area contributed by atoms with Gasteiger partial charge in [0.2, 0.25) is 0 Å². The Balaban J connectivity index is 1.82. The number of benzene rings is 2. The first kappa shape index (κ1) is 18.2. The van der Waals surface area contributed by atoms with Crippen molar-refractivity contribution < 1.29 is 13.3 Å². The summed E-state index contributed by atoms with van der Waals surface area (Å²) in [5.41, 5.74) is 3.59. The highest BCUT2D eigenvalue weighted by Gasteiger charge is 2.19. The van der Waals surface area contributed by atoms with Crippen molar-refractivity contribution in [2.24, 2.45) is 0 Å². The number of fused-ring (bicyclic) bond motifs is 1. The van der Waals surface area contributed by atoms with E-state index in [0.717, 1.165) is 37.3 Å². The van der Waals surface area contributed by atoms with Crippen molar-refractivity contribution in [2.75, 3.05) is 30.1 Å². The highest BCUT2D eigenvalue weighted by Crippen LogP contribution is 2.30. The number of hydrogen-bond donors (Lipinski definition) is 1. The highest BCUT2D eigenvalue weighted by molar-refractivity contribution is 7.90. The van der Waals surface area contributed by atoms with Crippen LogP contribution in [0.3, 0.4) is 0 Å². The summed E-state index contributed by atoms with van der Waals surface area (Å²) in [4.78, 5) is 12.9. The summed E-state index contributed by atoms with van der Waals surface area (Å²) in [5.74, 6) is 0. The first-order chi connectivity index (χ1) is 12.3. The smallest absolute Gasteiger partial charge is 0.293 e. The Kier molecular flexibility index (Phi) is 4.86. The molecule has 0 aromatic heterocycles. The number of anilines is 2. The zero-order valence-corrected chi connectivity index (χ0v) is 15.5. The van der Waals surface area contributed by atoms with Gasteiger partial charge in [-0.25, -0.2) is 8.42 Å². The SMILES string of the molecule is CN1CCCc2cc(CNc3ccc(S(C)(=O)=O)cc3[N+](=O)[O-])ccc21. The molecule has 3 rings (SSSR count). The van der Waals surface area contributed by atoms with E-state index in [9.17, 15) is 18.5 Å². The molecule has 0 bridgehead atoms. The number of sulfone groups is 1. The molecule has 2 aromatic rings. The summed E-state index contributed by atoms with van der Waals surface area (Å²) >= 11 is 0. The second-order valence-corrected chi connectivity index (χ2v) is 8.57. The van der Waals surface area contributed by atoms with Gasteiger partial charge in [0, 0.05) is 38.1 Å². The average molecular weight is 375 g/mol. The molecule has 1 aliphatic heterocycles. The van der Waals surface area contributed by atoms with Gasteiger partial charge in [-0.2, -0.15) is 0 Å². The van der Waals surface area contributed by atoms with Crippen molar-refractivity contribution in [2.45, 2.75) is 24.3 Å². The van der Waals surface area contributed by atoms with Gasteiger partial charge in [-0.15, -0.1) is 0 Å². The maximum atomic E-state index is 11.6. The lowest BCUT2D eigenvalue weighted by molar-refractivity contribution is -0.384. The molecule has 0 unspecified atom stereocenters. The predicted molar refractivity (Wildman–Crippen MR) is 102 cm³/mol. The molecule has 1 N–H and O–H groups in total. The first-order valence-corrected chi connectivity index (χ1v) is 10.2. The molecule has 0 fully saturated rings. The van der Waals surface area contributed by atoms with Gasteiger partial charge in [-0.1, -0.05) is 12.1 Å². The Bertz CT molecular complexity index is 957. The predicted octanol–water partition coefficient (Wildman–Crippen LogP) is 2.99. The summed E-state index contributed by atoms with van der Waals surface area (Å²) in [6, 6.07) is 10.1. The van der Waals surface area contributed by atoms with E-state index in [2.05, 4.69) is 29.4 Å². The van der Waals surface area contributed by atoms with E-state index in [1.165, 1.54) is 23.4 Å². The van der Waals surface area contributed by atoms with Gasteiger partial charge in [0.05, 0.1) is 9.82 Å². The Hall–Kier alpha value is -2.61. The maximum Gasteiger partial charge on any atom is 0.293 e. The zero-order valence-electron chi connectivity index (χ0n) is 14.7. The summed E-state index contributed by atoms with van der Waals surface area (Å²) in [7, 11) is -1.42. The van der Waals surface area contributed by atoms with Crippen LogP contribution in [-0.4, -0.2) is 33.2 Å². The minimum absolute atomic E-state index is 0.0634. The average Bonchev–Trinajstić information content (AvgIpc) is 2.59. The first-order valence-electron chi connectivity index (χ1n) is 8.31. The van der Waals surface area contributed by atoms with Crippen molar-refractivity contribution >= 4 is 26.9 Å². The lowest BCUT2D eigenvalue weighted by Gasteiger charge is -2.27. The van der Waals surface area contributed by atoms with Crippen LogP contribution >= 0.6 is 0 Å². The van der Waals surface area contributed by atoms with Gasteiger partial charge in [-0.05, 0) is 42.2 Å². The van der Waals surface area contributed by atoms with E-state index in [0.29, 0.717) is 12.2 Å². The number of rotatable bonds is 5. The fraction of sp³-hybridized carbons (Fsp3) is 0.333. The summed E-state index contributed by atoms with van der Waals surface area (Å²) in [5, 5.41) is 14.4. The molecule has 1 heterocycles. The molecule has 0 saturated heterocycles. The third-order valence-electron chi connectivity index (χ3n) is 4.57. The van der Waals surface area contributed by atoms with Crippen LogP contribution in [0.2, 0.25) is 0 Å². The molecule has 0 radical (unpaired) electrons. The van der Waals surface area contributed by atoms with Gasteiger partial charge in [0.15, 0.2) is 9.84 Å². The van der Waals surface area contributed by atoms with Crippen molar-refractivity contribution in [3.8, 4) is 0 Å². The minimum Gasteiger partial charge on any atom is -0.375 e. The van der Waals surface area contributed by atoms with Crippen LogP contribution < -0.4 is 10.2 Å². The van der Waals surface area contributed by atoms with Gasteiger partial charge in [-0.3, -0.25) is 10.1 Å². The van der Waals surface area contributed by atoms with E-state index in [4.69, 9.17) is 0 Å². The molecule has 0 atom stereocenters. The minimum atomic E-state index is -3.50. The van der Waals surface area contributed by atoms with Gasteiger partial charge in [0.25, 0.3) is 5.69 Å². The maximum absolute atomic E-state index is 11.6. The number of aryl methyl sites for hydroxylation is 1. The lowest BCUT2D eigenvalue weighted by Crippen LogP contribution is -2.24. The topological polar surface area (TPSA) is 92.6 Å². The Morgan fingerprint density at radius 3 is 2.69 bits per heavy atom. The van der Waals surface area contributed by atoms with E-state index in [1.54, 1.807) is 0 Å². The Labute approximate surface area is 152 Å². The molecule has 0 saturated carbocycles. The van der Waals surface area contributed by atoms with Crippen LogP contribution in [0, 0.1) is 10.1 Å². The fourth-order valence-electron chi connectivity index (χ4n) is 3.19. The summed E-state index contributed by atoms with van der Waals surface area (Å²) in [6.07, 6.45) is 3.17. The molecule has 1 aliphatic rings. The molecule has 7 nitrogen and oxygen atoms in total. The van der Waals surface area contributed by atoms with Crippen molar-refractivity contribution in [3.05, 3.63) is 57.6 Å². The van der Waals surface area contributed by atoms with Crippen molar-refractivity contribution in [1.82, 2.24) is 0 Å². The third kappa shape index (κ3) is 3.80. The van der Waals surface area contributed by atoms with E-state index >= 15 is 0 Å². The summed E-state index contributed by atoms with van der Waals surface area (Å²) < 4.78 is 23.2.